The highest BCUT2D eigenvalue weighted by Gasteiger charge is 2.16. The molecule has 170 valence electrons. The lowest BCUT2D eigenvalue weighted by Gasteiger charge is -2.15. The smallest absolute Gasteiger partial charge is 0.160 e. The number of hydrogen-bond donors (Lipinski definition) is 2. The molecule has 2 aromatic carbocycles. The molecule has 5 rings (SSSR count). The van der Waals surface area contributed by atoms with Crippen molar-refractivity contribution in [3.05, 3.63) is 58.7 Å². The van der Waals surface area contributed by atoms with Gasteiger partial charge in [-0.05, 0) is 57.5 Å². The summed E-state index contributed by atoms with van der Waals surface area (Å²) >= 11 is 12.5. The summed E-state index contributed by atoms with van der Waals surface area (Å²) in [7, 11) is 0. The van der Waals surface area contributed by atoms with E-state index in [2.05, 4.69) is 15.2 Å². The van der Waals surface area contributed by atoms with Crippen molar-refractivity contribution in [3.8, 4) is 22.8 Å². The molecule has 2 N–H and O–H groups in total. The number of fused-ring (bicyclic) bond motifs is 1. The van der Waals surface area contributed by atoms with Gasteiger partial charge in [-0.3, -0.25) is 0 Å². The number of unbranched alkanes of at least 4 members (excludes halogenated alkanes) is 1. The Morgan fingerprint density at radius 3 is 2.39 bits per heavy atom. The standard InChI is InChI=1S/C25H26Cl2N6/c26-18-14-20-21(15-19(18)27)31-24(28-10-4-5-11-33-12-6-7-13-33)23(30-20)25-29-16-22(32-25)17-8-2-1-3-9-17/h1-3,8-9,14-16H,4-7,10-13H2,(H,28,31)(H,29,32). The number of halogens is 2. The third kappa shape index (κ3) is 5.13. The molecule has 1 saturated heterocycles. The van der Waals surface area contributed by atoms with E-state index in [1.165, 1.54) is 25.9 Å². The van der Waals surface area contributed by atoms with E-state index in [9.17, 15) is 0 Å². The predicted molar refractivity (Wildman–Crippen MR) is 136 cm³/mol. The first kappa shape index (κ1) is 22.1. The van der Waals surface area contributed by atoms with Crippen LogP contribution in [0.4, 0.5) is 5.82 Å². The Balaban J connectivity index is 1.40. The third-order valence-corrected chi connectivity index (χ3v) is 6.69. The van der Waals surface area contributed by atoms with Crippen molar-refractivity contribution in [2.45, 2.75) is 25.7 Å². The summed E-state index contributed by atoms with van der Waals surface area (Å²) in [6.07, 6.45) is 6.77. The Kier molecular flexibility index (Phi) is 6.76. The van der Waals surface area contributed by atoms with Gasteiger partial charge in [0, 0.05) is 18.3 Å². The van der Waals surface area contributed by atoms with Gasteiger partial charge in [-0.25, -0.2) is 15.0 Å². The molecule has 0 amide bonds. The number of benzene rings is 2. The van der Waals surface area contributed by atoms with E-state index in [4.69, 9.17) is 38.2 Å². The minimum absolute atomic E-state index is 0.455. The maximum absolute atomic E-state index is 6.24. The van der Waals surface area contributed by atoms with E-state index in [0.29, 0.717) is 38.4 Å². The molecule has 6 nitrogen and oxygen atoms in total. The minimum Gasteiger partial charge on any atom is -0.368 e. The fourth-order valence-corrected chi connectivity index (χ4v) is 4.53. The fourth-order valence-electron chi connectivity index (χ4n) is 4.21. The quantitative estimate of drug-likeness (QED) is 0.290. The number of likely N-dealkylation sites (tertiary alicyclic amines) is 1. The molecule has 3 heterocycles. The van der Waals surface area contributed by atoms with Gasteiger partial charge in [-0.1, -0.05) is 53.5 Å². The van der Waals surface area contributed by atoms with Gasteiger partial charge < -0.3 is 15.2 Å². The van der Waals surface area contributed by atoms with Crippen molar-refractivity contribution in [2.75, 3.05) is 31.5 Å². The number of aromatic nitrogens is 4. The van der Waals surface area contributed by atoms with Crippen molar-refractivity contribution in [1.29, 1.82) is 0 Å². The van der Waals surface area contributed by atoms with Crippen LogP contribution in [0.15, 0.2) is 48.7 Å². The van der Waals surface area contributed by atoms with Gasteiger partial charge in [0.15, 0.2) is 11.6 Å². The number of H-pyrrole nitrogens is 1. The Morgan fingerprint density at radius 2 is 1.64 bits per heavy atom. The van der Waals surface area contributed by atoms with Crippen molar-refractivity contribution in [2.24, 2.45) is 0 Å². The summed E-state index contributed by atoms with van der Waals surface area (Å²) in [4.78, 5) is 20.3. The van der Waals surface area contributed by atoms with Gasteiger partial charge in [0.2, 0.25) is 0 Å². The fraction of sp³-hybridized carbons (Fsp3) is 0.320. The molecule has 8 heteroatoms. The van der Waals surface area contributed by atoms with E-state index in [0.717, 1.165) is 37.2 Å². The van der Waals surface area contributed by atoms with Crippen LogP contribution in [0.25, 0.3) is 33.8 Å². The number of aromatic amines is 1. The second-order valence-corrected chi connectivity index (χ2v) is 9.17. The summed E-state index contributed by atoms with van der Waals surface area (Å²) in [5, 5.41) is 4.40. The average Bonchev–Trinajstić information content (AvgIpc) is 3.52. The van der Waals surface area contributed by atoms with Crippen LogP contribution in [0.3, 0.4) is 0 Å². The number of imidazole rings is 1. The maximum atomic E-state index is 6.24. The van der Waals surface area contributed by atoms with E-state index < -0.39 is 0 Å². The molecule has 0 spiro atoms. The van der Waals surface area contributed by atoms with Gasteiger partial charge in [0.25, 0.3) is 0 Å². The largest absolute Gasteiger partial charge is 0.368 e. The highest BCUT2D eigenvalue weighted by atomic mass is 35.5. The number of anilines is 1. The average molecular weight is 481 g/mol. The first-order valence-electron chi connectivity index (χ1n) is 11.4. The van der Waals surface area contributed by atoms with Crippen LogP contribution in [0.2, 0.25) is 10.0 Å². The first-order valence-corrected chi connectivity index (χ1v) is 12.2. The lowest BCUT2D eigenvalue weighted by molar-refractivity contribution is 0.331. The normalized spacial score (nSPS) is 14.2. The van der Waals surface area contributed by atoms with Crippen molar-refractivity contribution in [3.63, 3.8) is 0 Å². The number of nitrogens with zero attached hydrogens (tertiary/aromatic N) is 4. The van der Waals surface area contributed by atoms with Crippen LogP contribution < -0.4 is 5.32 Å². The Bertz CT molecular complexity index is 1230. The van der Waals surface area contributed by atoms with Gasteiger partial charge in [0.1, 0.15) is 5.69 Å². The lowest BCUT2D eigenvalue weighted by atomic mass is 10.2. The summed E-state index contributed by atoms with van der Waals surface area (Å²) in [6, 6.07) is 13.6. The highest BCUT2D eigenvalue weighted by molar-refractivity contribution is 6.42. The molecule has 1 fully saturated rings. The minimum atomic E-state index is 0.455. The SMILES string of the molecule is Clc1cc2nc(NCCCCN3CCCC3)c(-c3nc(-c4ccccc4)c[nH]3)nc2cc1Cl. The lowest BCUT2D eigenvalue weighted by Crippen LogP contribution is -2.21. The summed E-state index contributed by atoms with van der Waals surface area (Å²) < 4.78 is 0. The van der Waals surface area contributed by atoms with Crippen LogP contribution in [0, 0.1) is 0 Å². The van der Waals surface area contributed by atoms with Crippen LogP contribution in [0.1, 0.15) is 25.7 Å². The monoisotopic (exact) mass is 480 g/mol. The van der Waals surface area contributed by atoms with Crippen LogP contribution in [-0.2, 0) is 0 Å². The van der Waals surface area contributed by atoms with E-state index in [1.54, 1.807) is 12.1 Å². The molecule has 0 unspecified atom stereocenters. The van der Waals surface area contributed by atoms with E-state index in [1.807, 2.05) is 36.5 Å². The number of nitrogens with one attached hydrogen (secondary N) is 2. The molecular formula is C25H26Cl2N6. The maximum Gasteiger partial charge on any atom is 0.160 e. The molecule has 2 aromatic heterocycles. The topological polar surface area (TPSA) is 69.7 Å². The Hall–Kier alpha value is -2.67. The molecule has 0 saturated carbocycles. The number of hydrogen-bond acceptors (Lipinski definition) is 5. The first-order chi connectivity index (χ1) is 16.2. The predicted octanol–water partition coefficient (Wildman–Crippen LogP) is 6.28. The van der Waals surface area contributed by atoms with Crippen molar-refractivity contribution in [1.82, 2.24) is 24.8 Å². The van der Waals surface area contributed by atoms with Crippen LogP contribution >= 0.6 is 23.2 Å². The molecule has 1 aliphatic rings. The Labute approximate surface area is 203 Å². The van der Waals surface area contributed by atoms with Crippen LogP contribution in [-0.4, -0.2) is 51.0 Å². The second kappa shape index (κ2) is 10.1. The summed E-state index contributed by atoms with van der Waals surface area (Å²) in [5.41, 5.74) is 3.94. The molecule has 0 atom stereocenters. The molecule has 0 radical (unpaired) electrons. The Morgan fingerprint density at radius 1 is 0.909 bits per heavy atom. The van der Waals surface area contributed by atoms with Gasteiger partial charge in [-0.15, -0.1) is 0 Å². The zero-order valence-electron chi connectivity index (χ0n) is 18.3. The third-order valence-electron chi connectivity index (χ3n) is 5.97. The molecule has 1 aliphatic heterocycles. The number of rotatable bonds is 8. The second-order valence-electron chi connectivity index (χ2n) is 8.36. The van der Waals surface area contributed by atoms with Crippen molar-refractivity contribution < 1.29 is 0 Å². The van der Waals surface area contributed by atoms with E-state index >= 15 is 0 Å². The molecule has 0 bridgehead atoms. The van der Waals surface area contributed by atoms with E-state index in [-0.39, 0.29) is 0 Å². The van der Waals surface area contributed by atoms with Gasteiger partial charge >= 0.3 is 0 Å². The van der Waals surface area contributed by atoms with Crippen molar-refractivity contribution >= 4 is 40.1 Å². The highest BCUT2D eigenvalue weighted by Crippen LogP contribution is 2.31. The zero-order chi connectivity index (χ0) is 22.6. The zero-order valence-corrected chi connectivity index (χ0v) is 19.8. The molecule has 4 aromatic rings. The summed E-state index contributed by atoms with van der Waals surface area (Å²) in [5.74, 6) is 1.35. The molecular weight excluding hydrogens is 455 g/mol. The van der Waals surface area contributed by atoms with Crippen LogP contribution in [0.5, 0.6) is 0 Å². The summed E-state index contributed by atoms with van der Waals surface area (Å²) in [6.45, 7) is 4.44. The van der Waals surface area contributed by atoms with Gasteiger partial charge in [-0.2, -0.15) is 0 Å². The molecule has 33 heavy (non-hydrogen) atoms. The molecule has 0 aliphatic carbocycles. The van der Waals surface area contributed by atoms with Gasteiger partial charge in [0.05, 0.1) is 26.8 Å².